The molecule has 208 valence electrons. The standard InChI is InChI=1S/C30H35NO8/c1-18-15-21-3-2-14-31(21)16-24(18)20-7-11-23(12-8-20)38-30-29(36)28(35)27(34)25(39-30)17-37-26(33)13-6-19-4-9-22(32)10-5-19/h4-13,21,25,27-30,32,34-36H,2-3,14-17H2,1H3. The molecule has 6 unspecified atom stereocenters. The molecule has 0 bridgehead atoms. The highest BCUT2D eigenvalue weighted by molar-refractivity contribution is 5.87. The number of hydrogen-bond acceptors (Lipinski definition) is 9. The van der Waals surface area contributed by atoms with Crippen LogP contribution in [0.15, 0.2) is 60.2 Å². The van der Waals surface area contributed by atoms with Crippen molar-refractivity contribution < 1.29 is 39.4 Å². The first kappa shape index (κ1) is 27.4. The van der Waals surface area contributed by atoms with E-state index in [9.17, 15) is 25.2 Å². The highest BCUT2D eigenvalue weighted by atomic mass is 16.7. The summed E-state index contributed by atoms with van der Waals surface area (Å²) in [6.07, 6.45) is -0.594. The average Bonchev–Trinajstić information content (AvgIpc) is 3.39. The molecule has 0 radical (unpaired) electrons. The van der Waals surface area contributed by atoms with E-state index in [1.54, 1.807) is 24.3 Å². The zero-order valence-electron chi connectivity index (χ0n) is 21.8. The van der Waals surface area contributed by atoms with Crippen molar-refractivity contribution in [3.05, 3.63) is 71.3 Å². The zero-order chi connectivity index (χ0) is 27.5. The molecule has 0 spiro atoms. The number of esters is 1. The minimum atomic E-state index is -1.55. The van der Waals surface area contributed by atoms with Crippen LogP contribution in [0, 0.1) is 0 Å². The van der Waals surface area contributed by atoms with Gasteiger partial charge in [-0.1, -0.05) is 29.8 Å². The lowest BCUT2D eigenvalue weighted by Crippen LogP contribution is -2.60. The smallest absolute Gasteiger partial charge is 0.330 e. The summed E-state index contributed by atoms with van der Waals surface area (Å²) in [5.74, 6) is -0.129. The van der Waals surface area contributed by atoms with E-state index >= 15 is 0 Å². The molecule has 6 atom stereocenters. The molecule has 0 amide bonds. The summed E-state index contributed by atoms with van der Waals surface area (Å²) in [4.78, 5) is 14.7. The second-order valence-corrected chi connectivity index (χ2v) is 10.4. The van der Waals surface area contributed by atoms with E-state index in [4.69, 9.17) is 14.2 Å². The summed E-state index contributed by atoms with van der Waals surface area (Å²) < 4.78 is 16.7. The fraction of sp³-hybridized carbons (Fsp3) is 0.433. The molecule has 9 heteroatoms. The quantitative estimate of drug-likeness (QED) is 0.311. The normalized spacial score (nSPS) is 29.4. The molecule has 9 nitrogen and oxygen atoms in total. The summed E-state index contributed by atoms with van der Waals surface area (Å²) in [6.45, 7) is 3.92. The van der Waals surface area contributed by atoms with Gasteiger partial charge in [-0.3, -0.25) is 4.90 Å². The minimum Gasteiger partial charge on any atom is -0.508 e. The minimum absolute atomic E-state index is 0.114. The SMILES string of the molecule is CC1=C(c2ccc(OC3OC(COC(=O)C=Cc4ccc(O)cc4)C(O)C(O)C3O)cc2)CN2CCCC2C1. The van der Waals surface area contributed by atoms with Gasteiger partial charge in [0.25, 0.3) is 0 Å². The number of fused-ring (bicyclic) bond motifs is 1. The second-order valence-electron chi connectivity index (χ2n) is 10.4. The van der Waals surface area contributed by atoms with Gasteiger partial charge in [0.1, 0.15) is 42.5 Å². The molecule has 0 aliphatic carbocycles. The molecule has 39 heavy (non-hydrogen) atoms. The van der Waals surface area contributed by atoms with Gasteiger partial charge in [0.2, 0.25) is 6.29 Å². The van der Waals surface area contributed by atoms with Gasteiger partial charge in [0, 0.05) is 18.7 Å². The Bertz CT molecular complexity index is 1210. The van der Waals surface area contributed by atoms with Gasteiger partial charge >= 0.3 is 5.97 Å². The lowest BCUT2D eigenvalue weighted by Gasteiger charge is -2.39. The molecule has 2 aromatic rings. The van der Waals surface area contributed by atoms with Gasteiger partial charge in [-0.05, 0) is 79.8 Å². The van der Waals surface area contributed by atoms with Gasteiger partial charge in [-0.2, -0.15) is 0 Å². The van der Waals surface area contributed by atoms with E-state index in [2.05, 4.69) is 11.8 Å². The number of carbonyl (C=O) groups excluding carboxylic acids is 1. The van der Waals surface area contributed by atoms with Crippen molar-refractivity contribution in [3.63, 3.8) is 0 Å². The molecule has 3 aliphatic heterocycles. The van der Waals surface area contributed by atoms with E-state index in [1.165, 1.54) is 48.3 Å². The number of nitrogens with zero attached hydrogens (tertiary/aromatic N) is 1. The Balaban J connectivity index is 1.18. The highest BCUT2D eigenvalue weighted by Crippen LogP contribution is 2.35. The lowest BCUT2D eigenvalue weighted by molar-refractivity contribution is -0.278. The van der Waals surface area contributed by atoms with Gasteiger partial charge in [0.15, 0.2) is 0 Å². The summed E-state index contributed by atoms with van der Waals surface area (Å²) in [5.41, 5.74) is 4.54. The number of phenolic OH excluding ortho intramolecular Hbond substituents is 1. The Hall–Kier alpha value is -3.21. The first-order valence-corrected chi connectivity index (χ1v) is 13.3. The van der Waals surface area contributed by atoms with Crippen LogP contribution < -0.4 is 4.74 Å². The molecule has 3 aliphatic rings. The van der Waals surface area contributed by atoms with Crippen LogP contribution in [0.2, 0.25) is 0 Å². The number of rotatable bonds is 7. The fourth-order valence-corrected chi connectivity index (χ4v) is 5.47. The van der Waals surface area contributed by atoms with Crippen LogP contribution in [0.3, 0.4) is 0 Å². The average molecular weight is 538 g/mol. The molecule has 2 saturated heterocycles. The van der Waals surface area contributed by atoms with E-state index in [-0.39, 0.29) is 12.4 Å². The Labute approximate surface area is 227 Å². The van der Waals surface area contributed by atoms with E-state index < -0.39 is 36.7 Å². The third-order valence-corrected chi connectivity index (χ3v) is 7.74. The number of phenols is 1. The highest BCUT2D eigenvalue weighted by Gasteiger charge is 2.45. The molecule has 5 rings (SSSR count). The van der Waals surface area contributed by atoms with Gasteiger partial charge in [-0.25, -0.2) is 4.79 Å². The van der Waals surface area contributed by atoms with Crippen molar-refractivity contribution in [1.82, 2.24) is 4.90 Å². The van der Waals surface area contributed by atoms with Crippen molar-refractivity contribution in [2.45, 2.75) is 62.9 Å². The number of aliphatic hydroxyl groups is 3. The Morgan fingerprint density at radius 1 is 1.05 bits per heavy atom. The molecule has 2 fully saturated rings. The van der Waals surface area contributed by atoms with Gasteiger partial charge in [0.05, 0.1) is 0 Å². The number of carbonyl (C=O) groups is 1. The van der Waals surface area contributed by atoms with Crippen molar-refractivity contribution in [2.24, 2.45) is 0 Å². The van der Waals surface area contributed by atoms with Crippen LogP contribution in [0.1, 0.15) is 37.3 Å². The summed E-state index contributed by atoms with van der Waals surface area (Å²) >= 11 is 0. The number of aromatic hydroxyl groups is 1. The third-order valence-electron chi connectivity index (χ3n) is 7.74. The summed E-state index contributed by atoms with van der Waals surface area (Å²) in [6, 6.07) is 14.5. The van der Waals surface area contributed by atoms with Crippen LogP contribution in [-0.2, 0) is 14.3 Å². The zero-order valence-corrected chi connectivity index (χ0v) is 21.8. The van der Waals surface area contributed by atoms with Crippen LogP contribution in [0.25, 0.3) is 11.6 Å². The lowest BCUT2D eigenvalue weighted by atomic mass is 9.91. The molecule has 4 N–H and O–H groups in total. The second kappa shape index (κ2) is 11.9. The van der Waals surface area contributed by atoms with E-state index in [1.807, 2.05) is 12.1 Å². The molecule has 0 saturated carbocycles. The first-order chi connectivity index (χ1) is 18.8. The van der Waals surface area contributed by atoms with Crippen molar-refractivity contribution in [3.8, 4) is 11.5 Å². The molecule has 0 aromatic heterocycles. The largest absolute Gasteiger partial charge is 0.508 e. The molecular weight excluding hydrogens is 502 g/mol. The van der Waals surface area contributed by atoms with Crippen molar-refractivity contribution >= 4 is 17.6 Å². The number of ether oxygens (including phenoxy) is 3. The Morgan fingerprint density at radius 2 is 1.79 bits per heavy atom. The van der Waals surface area contributed by atoms with Crippen molar-refractivity contribution in [2.75, 3.05) is 19.7 Å². The predicted octanol–water partition coefficient (Wildman–Crippen LogP) is 2.48. The predicted molar refractivity (Wildman–Crippen MR) is 144 cm³/mol. The maximum atomic E-state index is 12.2. The topological polar surface area (TPSA) is 129 Å². The third kappa shape index (κ3) is 6.34. The number of hydrogen-bond donors (Lipinski definition) is 4. The number of aliphatic hydroxyl groups excluding tert-OH is 3. The Kier molecular flexibility index (Phi) is 8.34. The molecule has 2 aromatic carbocycles. The van der Waals surface area contributed by atoms with Crippen molar-refractivity contribution in [1.29, 1.82) is 0 Å². The van der Waals surface area contributed by atoms with Crippen LogP contribution in [-0.4, -0.2) is 87.7 Å². The van der Waals surface area contributed by atoms with Crippen LogP contribution in [0.4, 0.5) is 0 Å². The van der Waals surface area contributed by atoms with Crippen LogP contribution >= 0.6 is 0 Å². The van der Waals surface area contributed by atoms with Gasteiger partial charge < -0.3 is 34.6 Å². The van der Waals surface area contributed by atoms with E-state index in [0.717, 1.165) is 25.1 Å². The summed E-state index contributed by atoms with van der Waals surface area (Å²) in [5, 5.41) is 40.6. The van der Waals surface area contributed by atoms with E-state index in [0.29, 0.717) is 17.4 Å². The molecule has 3 heterocycles. The molecular formula is C30H35NO8. The maximum Gasteiger partial charge on any atom is 0.330 e. The summed E-state index contributed by atoms with van der Waals surface area (Å²) in [7, 11) is 0. The van der Waals surface area contributed by atoms with Crippen LogP contribution in [0.5, 0.6) is 11.5 Å². The number of benzene rings is 2. The monoisotopic (exact) mass is 537 g/mol. The Morgan fingerprint density at radius 3 is 2.54 bits per heavy atom. The fourth-order valence-electron chi connectivity index (χ4n) is 5.47. The first-order valence-electron chi connectivity index (χ1n) is 13.3. The maximum absolute atomic E-state index is 12.2. The van der Waals surface area contributed by atoms with Gasteiger partial charge in [-0.15, -0.1) is 0 Å².